The average Bonchev–Trinajstić information content (AvgIpc) is 2.18. The SMILES string of the molecule is N#CCCCCSc1cncc(Br)c1. The number of nitrogens with zero attached hydrogens (tertiary/aromatic N) is 2. The molecule has 0 aromatic carbocycles. The number of unbranched alkanes of at least 4 members (excludes halogenated alkanes) is 2. The van der Waals surface area contributed by atoms with Crippen molar-refractivity contribution in [1.29, 1.82) is 5.26 Å². The molecule has 0 saturated carbocycles. The fraction of sp³-hybridized carbons (Fsp3) is 0.400. The van der Waals surface area contributed by atoms with Crippen LogP contribution >= 0.6 is 27.7 Å². The van der Waals surface area contributed by atoms with E-state index < -0.39 is 0 Å². The number of hydrogen-bond acceptors (Lipinski definition) is 3. The topological polar surface area (TPSA) is 36.7 Å². The van der Waals surface area contributed by atoms with Crippen LogP contribution in [0, 0.1) is 11.3 Å². The lowest BCUT2D eigenvalue weighted by atomic mass is 10.3. The number of hydrogen-bond donors (Lipinski definition) is 0. The summed E-state index contributed by atoms with van der Waals surface area (Å²) in [6, 6.07) is 4.20. The van der Waals surface area contributed by atoms with Gasteiger partial charge in [0.2, 0.25) is 0 Å². The van der Waals surface area contributed by atoms with Crippen LogP contribution in [0.25, 0.3) is 0 Å². The van der Waals surface area contributed by atoms with E-state index in [1.807, 2.05) is 6.20 Å². The Balaban J connectivity index is 2.22. The Morgan fingerprint density at radius 1 is 1.43 bits per heavy atom. The zero-order chi connectivity index (χ0) is 10.2. The fourth-order valence-corrected chi connectivity index (χ4v) is 2.41. The number of pyridine rings is 1. The summed E-state index contributed by atoms with van der Waals surface area (Å²) in [7, 11) is 0. The first-order valence-corrected chi connectivity index (χ1v) is 6.21. The van der Waals surface area contributed by atoms with Crippen molar-refractivity contribution >= 4 is 27.7 Å². The summed E-state index contributed by atoms with van der Waals surface area (Å²) in [5.74, 6) is 1.06. The van der Waals surface area contributed by atoms with Crippen molar-refractivity contribution in [1.82, 2.24) is 4.98 Å². The Kier molecular flexibility index (Phi) is 5.65. The first-order chi connectivity index (χ1) is 6.83. The second-order valence-corrected chi connectivity index (χ2v) is 4.89. The summed E-state index contributed by atoms with van der Waals surface area (Å²) in [5.41, 5.74) is 0. The van der Waals surface area contributed by atoms with Crippen molar-refractivity contribution in [3.63, 3.8) is 0 Å². The van der Waals surface area contributed by atoms with E-state index in [0.717, 1.165) is 23.1 Å². The second kappa shape index (κ2) is 6.86. The molecule has 0 aliphatic rings. The van der Waals surface area contributed by atoms with Crippen LogP contribution in [0.3, 0.4) is 0 Å². The zero-order valence-electron chi connectivity index (χ0n) is 7.74. The molecule has 14 heavy (non-hydrogen) atoms. The number of rotatable bonds is 5. The molecule has 1 heterocycles. The van der Waals surface area contributed by atoms with Crippen LogP contribution in [0.4, 0.5) is 0 Å². The second-order valence-electron chi connectivity index (χ2n) is 2.80. The Bertz CT molecular complexity index is 322. The molecule has 4 heteroatoms. The van der Waals surface area contributed by atoms with Crippen LogP contribution in [-0.4, -0.2) is 10.7 Å². The third-order valence-corrected chi connectivity index (χ3v) is 3.11. The van der Waals surface area contributed by atoms with Crippen LogP contribution in [0.5, 0.6) is 0 Å². The molecule has 1 rings (SSSR count). The summed E-state index contributed by atoms with van der Waals surface area (Å²) in [6.07, 6.45) is 6.38. The van der Waals surface area contributed by atoms with E-state index in [2.05, 4.69) is 33.0 Å². The lowest BCUT2D eigenvalue weighted by Gasteiger charge is -1.99. The van der Waals surface area contributed by atoms with Gasteiger partial charge in [-0.05, 0) is 40.6 Å². The van der Waals surface area contributed by atoms with Gasteiger partial charge in [0.25, 0.3) is 0 Å². The van der Waals surface area contributed by atoms with Crippen molar-refractivity contribution < 1.29 is 0 Å². The lowest BCUT2D eigenvalue weighted by molar-refractivity contribution is 0.830. The van der Waals surface area contributed by atoms with E-state index in [0.29, 0.717) is 6.42 Å². The van der Waals surface area contributed by atoms with E-state index in [1.165, 1.54) is 4.90 Å². The van der Waals surface area contributed by atoms with Crippen LogP contribution in [-0.2, 0) is 0 Å². The van der Waals surface area contributed by atoms with Crippen LogP contribution < -0.4 is 0 Å². The van der Waals surface area contributed by atoms with Crippen molar-refractivity contribution in [3.8, 4) is 6.07 Å². The third kappa shape index (κ3) is 4.64. The van der Waals surface area contributed by atoms with Crippen LogP contribution in [0.2, 0.25) is 0 Å². The maximum atomic E-state index is 8.35. The molecule has 0 fully saturated rings. The van der Waals surface area contributed by atoms with Crippen LogP contribution in [0.15, 0.2) is 27.8 Å². The van der Waals surface area contributed by atoms with Gasteiger partial charge < -0.3 is 0 Å². The normalized spacial score (nSPS) is 9.71. The van der Waals surface area contributed by atoms with Crippen LogP contribution in [0.1, 0.15) is 19.3 Å². The molecule has 0 radical (unpaired) electrons. The van der Waals surface area contributed by atoms with E-state index in [9.17, 15) is 0 Å². The highest BCUT2D eigenvalue weighted by molar-refractivity contribution is 9.10. The van der Waals surface area contributed by atoms with Gasteiger partial charge >= 0.3 is 0 Å². The highest BCUT2D eigenvalue weighted by atomic mass is 79.9. The van der Waals surface area contributed by atoms with Gasteiger partial charge in [0.15, 0.2) is 0 Å². The van der Waals surface area contributed by atoms with Gasteiger partial charge in [-0.3, -0.25) is 4.98 Å². The van der Waals surface area contributed by atoms with Crippen molar-refractivity contribution in [3.05, 3.63) is 22.9 Å². The molecule has 0 aliphatic heterocycles. The summed E-state index contributed by atoms with van der Waals surface area (Å²) in [4.78, 5) is 5.26. The van der Waals surface area contributed by atoms with Gasteiger partial charge in [-0.2, -0.15) is 5.26 Å². The highest BCUT2D eigenvalue weighted by Crippen LogP contribution is 2.21. The summed E-state index contributed by atoms with van der Waals surface area (Å²) >= 11 is 5.16. The summed E-state index contributed by atoms with van der Waals surface area (Å²) in [6.45, 7) is 0. The van der Waals surface area contributed by atoms with E-state index in [4.69, 9.17) is 5.26 Å². The van der Waals surface area contributed by atoms with E-state index in [1.54, 1.807) is 18.0 Å². The fourth-order valence-electron chi connectivity index (χ4n) is 0.967. The van der Waals surface area contributed by atoms with Gasteiger partial charge in [-0.25, -0.2) is 0 Å². The summed E-state index contributed by atoms with van der Waals surface area (Å²) in [5, 5.41) is 8.35. The van der Waals surface area contributed by atoms with Gasteiger partial charge in [-0.1, -0.05) is 0 Å². The molecular weight excluding hydrogens is 260 g/mol. The smallest absolute Gasteiger partial charge is 0.0621 e. The molecule has 0 unspecified atom stereocenters. The molecular formula is C10H11BrN2S. The van der Waals surface area contributed by atoms with E-state index >= 15 is 0 Å². The predicted molar refractivity (Wildman–Crippen MR) is 62.1 cm³/mol. The van der Waals surface area contributed by atoms with Gasteiger partial charge in [0.05, 0.1) is 6.07 Å². The number of halogens is 1. The number of thioether (sulfide) groups is 1. The largest absolute Gasteiger partial charge is 0.262 e. The molecule has 0 saturated heterocycles. The predicted octanol–water partition coefficient (Wildman–Crippen LogP) is 3.63. The summed E-state index contributed by atoms with van der Waals surface area (Å²) < 4.78 is 1.01. The minimum Gasteiger partial charge on any atom is -0.262 e. The van der Waals surface area contributed by atoms with Crippen molar-refractivity contribution in [2.45, 2.75) is 24.2 Å². The quantitative estimate of drug-likeness (QED) is 0.606. The third-order valence-electron chi connectivity index (χ3n) is 1.63. The first kappa shape index (κ1) is 11.5. The molecule has 1 aromatic rings. The Morgan fingerprint density at radius 2 is 2.29 bits per heavy atom. The monoisotopic (exact) mass is 270 g/mol. The van der Waals surface area contributed by atoms with Crippen molar-refractivity contribution in [2.75, 3.05) is 5.75 Å². The number of aromatic nitrogens is 1. The van der Waals surface area contributed by atoms with Gasteiger partial charge in [-0.15, -0.1) is 11.8 Å². The number of nitriles is 1. The average molecular weight is 271 g/mol. The Hall–Kier alpha value is -0.530. The molecule has 74 valence electrons. The maximum absolute atomic E-state index is 8.35. The standard InChI is InChI=1S/C10H11BrN2S/c11-9-6-10(8-13-7-9)14-5-3-1-2-4-12/h6-8H,1-3,5H2. The Labute approximate surface area is 96.9 Å². The zero-order valence-corrected chi connectivity index (χ0v) is 10.1. The van der Waals surface area contributed by atoms with Gasteiger partial charge in [0, 0.05) is 28.2 Å². The molecule has 0 spiro atoms. The molecule has 0 N–H and O–H groups in total. The van der Waals surface area contributed by atoms with Crippen molar-refractivity contribution in [2.24, 2.45) is 0 Å². The maximum Gasteiger partial charge on any atom is 0.0621 e. The molecule has 0 aliphatic carbocycles. The molecule has 0 atom stereocenters. The highest BCUT2D eigenvalue weighted by Gasteiger charge is 1.95. The lowest BCUT2D eigenvalue weighted by Crippen LogP contribution is -1.81. The molecule has 0 bridgehead atoms. The minimum atomic E-state index is 0.664. The van der Waals surface area contributed by atoms with E-state index in [-0.39, 0.29) is 0 Å². The molecule has 1 aromatic heterocycles. The van der Waals surface area contributed by atoms with Gasteiger partial charge in [0.1, 0.15) is 0 Å². The molecule has 0 amide bonds. The first-order valence-electron chi connectivity index (χ1n) is 4.43. The Morgan fingerprint density at radius 3 is 3.00 bits per heavy atom. The molecule has 2 nitrogen and oxygen atoms in total. The minimum absolute atomic E-state index is 0.664.